The first kappa shape index (κ1) is 16.1. The third-order valence-corrected chi connectivity index (χ3v) is 2.30. The highest BCUT2D eigenvalue weighted by molar-refractivity contribution is 5.97. The lowest BCUT2D eigenvalue weighted by Gasteiger charge is -2.22. The minimum Gasteiger partial charge on any atom is -0.458 e. The highest BCUT2D eigenvalue weighted by Crippen LogP contribution is 2.13. The number of amides is 1. The van der Waals surface area contributed by atoms with Crippen LogP contribution < -0.4 is 5.32 Å². The molecule has 0 bridgehead atoms. The summed E-state index contributed by atoms with van der Waals surface area (Å²) in [7, 11) is 0. The molecule has 20 heavy (non-hydrogen) atoms. The summed E-state index contributed by atoms with van der Waals surface area (Å²) in [4.78, 5) is 23.4. The maximum absolute atomic E-state index is 13.4. The fourth-order valence-electron chi connectivity index (χ4n) is 1.43. The number of ether oxygens (including phenoxy) is 1. The van der Waals surface area contributed by atoms with Crippen LogP contribution in [-0.4, -0.2) is 23.5 Å². The monoisotopic (exact) mass is 285 g/mol. The van der Waals surface area contributed by atoms with Crippen LogP contribution in [0.2, 0.25) is 0 Å². The second-order valence-corrected chi connectivity index (χ2v) is 5.33. The molecule has 1 aromatic carbocycles. The van der Waals surface area contributed by atoms with Crippen LogP contribution in [0.1, 0.15) is 38.1 Å². The van der Waals surface area contributed by atoms with Gasteiger partial charge in [0, 0.05) is 0 Å². The molecule has 0 heterocycles. The van der Waals surface area contributed by atoms with Crippen LogP contribution in [-0.2, 0) is 9.53 Å². The fraction of sp³-hybridized carbons (Fsp3) is 0.429. The fourth-order valence-corrected chi connectivity index (χ4v) is 1.43. The van der Waals surface area contributed by atoms with Crippen molar-refractivity contribution < 1.29 is 23.1 Å². The maximum atomic E-state index is 13.4. The molecule has 0 saturated carbocycles. The van der Waals surface area contributed by atoms with Gasteiger partial charge in [-0.1, -0.05) is 6.07 Å². The van der Waals surface area contributed by atoms with Gasteiger partial charge in [-0.3, -0.25) is 4.79 Å². The van der Waals surface area contributed by atoms with Gasteiger partial charge in [0.2, 0.25) is 0 Å². The molecule has 0 radical (unpaired) electrons. The van der Waals surface area contributed by atoms with E-state index in [9.17, 15) is 18.4 Å². The molecule has 4 nitrogen and oxygen atoms in total. The largest absolute Gasteiger partial charge is 0.458 e. The van der Waals surface area contributed by atoms with Gasteiger partial charge in [-0.15, -0.1) is 0 Å². The second kappa shape index (κ2) is 5.98. The Balaban J connectivity index is 2.78. The van der Waals surface area contributed by atoms with Gasteiger partial charge >= 0.3 is 5.97 Å². The van der Waals surface area contributed by atoms with E-state index in [0.29, 0.717) is 0 Å². The van der Waals surface area contributed by atoms with Gasteiger partial charge in [-0.25, -0.2) is 13.6 Å². The van der Waals surface area contributed by atoms with Crippen LogP contribution in [0.15, 0.2) is 18.2 Å². The average molecular weight is 285 g/mol. The van der Waals surface area contributed by atoms with Gasteiger partial charge in [-0.2, -0.15) is 0 Å². The van der Waals surface area contributed by atoms with Gasteiger partial charge in [0.25, 0.3) is 5.91 Å². The summed E-state index contributed by atoms with van der Waals surface area (Å²) in [5, 5.41) is 2.21. The van der Waals surface area contributed by atoms with Gasteiger partial charge in [0.05, 0.1) is 0 Å². The molecule has 0 aromatic heterocycles. The SMILES string of the molecule is C[C@@H](NC(=O)c1c(F)cccc1F)C(=O)OC(C)(C)C. The van der Waals surface area contributed by atoms with E-state index in [0.717, 1.165) is 18.2 Å². The number of halogens is 2. The molecule has 6 heteroatoms. The Labute approximate surface area is 116 Å². The van der Waals surface area contributed by atoms with Crippen LogP contribution in [0.25, 0.3) is 0 Å². The topological polar surface area (TPSA) is 55.4 Å². The first-order chi connectivity index (χ1) is 9.11. The van der Waals surface area contributed by atoms with Crippen molar-refractivity contribution in [3.05, 3.63) is 35.4 Å². The molecular formula is C14H17F2NO3. The third kappa shape index (κ3) is 4.29. The smallest absolute Gasteiger partial charge is 0.328 e. The number of benzene rings is 1. The van der Waals surface area contributed by atoms with Crippen LogP contribution in [0, 0.1) is 11.6 Å². The molecule has 1 aromatic rings. The first-order valence-corrected chi connectivity index (χ1v) is 6.09. The molecule has 110 valence electrons. The zero-order chi connectivity index (χ0) is 15.5. The first-order valence-electron chi connectivity index (χ1n) is 6.09. The zero-order valence-electron chi connectivity index (χ0n) is 11.8. The second-order valence-electron chi connectivity index (χ2n) is 5.33. The number of carbonyl (C=O) groups excluding carboxylic acids is 2. The molecule has 1 N–H and O–H groups in total. The summed E-state index contributed by atoms with van der Waals surface area (Å²) in [5.41, 5.74) is -1.43. The average Bonchev–Trinajstić information content (AvgIpc) is 2.26. The molecule has 0 aliphatic heterocycles. The third-order valence-electron chi connectivity index (χ3n) is 2.30. The Morgan fingerprint density at radius 2 is 1.70 bits per heavy atom. The van der Waals surface area contributed by atoms with Crippen molar-refractivity contribution in [2.75, 3.05) is 0 Å². The van der Waals surface area contributed by atoms with Crippen LogP contribution in [0.5, 0.6) is 0 Å². The Morgan fingerprint density at radius 1 is 1.20 bits per heavy atom. The summed E-state index contributed by atoms with van der Waals surface area (Å²) >= 11 is 0. The van der Waals surface area contributed by atoms with E-state index in [1.54, 1.807) is 20.8 Å². The van der Waals surface area contributed by atoms with Crippen molar-refractivity contribution in [1.82, 2.24) is 5.32 Å². The summed E-state index contributed by atoms with van der Waals surface area (Å²) in [6.45, 7) is 6.41. The molecule has 0 fully saturated rings. The Bertz CT molecular complexity index is 503. The summed E-state index contributed by atoms with van der Waals surface area (Å²) in [6.07, 6.45) is 0. The summed E-state index contributed by atoms with van der Waals surface area (Å²) in [6, 6.07) is 2.08. The molecule has 1 atom stereocenters. The van der Waals surface area contributed by atoms with Crippen LogP contribution >= 0.6 is 0 Å². The highest BCUT2D eigenvalue weighted by Gasteiger charge is 2.25. The number of nitrogens with one attached hydrogen (secondary N) is 1. The molecule has 1 amide bonds. The lowest BCUT2D eigenvalue weighted by atomic mass is 10.1. The molecule has 1 rings (SSSR count). The van der Waals surface area contributed by atoms with Crippen molar-refractivity contribution in [2.45, 2.75) is 39.3 Å². The lowest BCUT2D eigenvalue weighted by molar-refractivity contribution is -0.156. The van der Waals surface area contributed by atoms with E-state index in [2.05, 4.69) is 5.32 Å². The number of hydrogen-bond donors (Lipinski definition) is 1. The van der Waals surface area contributed by atoms with Crippen molar-refractivity contribution in [1.29, 1.82) is 0 Å². The van der Waals surface area contributed by atoms with Crippen molar-refractivity contribution in [3.63, 3.8) is 0 Å². The molecule has 0 saturated heterocycles. The van der Waals surface area contributed by atoms with E-state index in [1.165, 1.54) is 6.92 Å². The number of rotatable bonds is 3. The van der Waals surface area contributed by atoms with E-state index < -0.39 is 40.7 Å². The lowest BCUT2D eigenvalue weighted by Crippen LogP contribution is -2.42. The van der Waals surface area contributed by atoms with E-state index in [1.807, 2.05) is 0 Å². The number of carbonyl (C=O) groups is 2. The molecule has 0 aliphatic carbocycles. The van der Waals surface area contributed by atoms with Gasteiger partial charge < -0.3 is 10.1 Å². The van der Waals surface area contributed by atoms with Crippen molar-refractivity contribution in [2.24, 2.45) is 0 Å². The van der Waals surface area contributed by atoms with Crippen LogP contribution in [0.4, 0.5) is 8.78 Å². The predicted octanol–water partition coefficient (Wildman–Crippen LogP) is 2.42. The summed E-state index contributed by atoms with van der Waals surface area (Å²) < 4.78 is 31.9. The molecule has 0 spiro atoms. The summed E-state index contributed by atoms with van der Waals surface area (Å²) in [5.74, 6) is -3.65. The Kier molecular flexibility index (Phi) is 4.81. The van der Waals surface area contributed by atoms with Gasteiger partial charge in [0.15, 0.2) is 0 Å². The van der Waals surface area contributed by atoms with Gasteiger partial charge in [0.1, 0.15) is 28.8 Å². The van der Waals surface area contributed by atoms with E-state index in [-0.39, 0.29) is 0 Å². The molecular weight excluding hydrogens is 268 g/mol. The standard InChI is InChI=1S/C14H17F2NO3/c1-8(13(19)20-14(2,3)4)17-12(18)11-9(15)6-5-7-10(11)16/h5-8H,1-4H3,(H,17,18)/t8-/m1/s1. The number of esters is 1. The van der Waals surface area contributed by atoms with E-state index in [4.69, 9.17) is 4.74 Å². The van der Waals surface area contributed by atoms with Crippen LogP contribution in [0.3, 0.4) is 0 Å². The highest BCUT2D eigenvalue weighted by atomic mass is 19.1. The zero-order valence-corrected chi connectivity index (χ0v) is 11.8. The normalized spacial score (nSPS) is 12.7. The number of hydrogen-bond acceptors (Lipinski definition) is 3. The van der Waals surface area contributed by atoms with Crippen molar-refractivity contribution in [3.8, 4) is 0 Å². The minimum atomic E-state index is -1.01. The molecule has 0 aliphatic rings. The molecule has 0 unspecified atom stereocenters. The quantitative estimate of drug-likeness (QED) is 0.868. The Morgan fingerprint density at radius 3 is 2.15 bits per heavy atom. The van der Waals surface area contributed by atoms with Gasteiger partial charge in [-0.05, 0) is 39.8 Å². The van der Waals surface area contributed by atoms with Crippen molar-refractivity contribution >= 4 is 11.9 Å². The predicted molar refractivity (Wildman–Crippen MR) is 69.1 cm³/mol. The maximum Gasteiger partial charge on any atom is 0.328 e. The Hall–Kier alpha value is -1.98. The minimum absolute atomic E-state index is 0.678. The van der Waals surface area contributed by atoms with E-state index >= 15 is 0 Å².